The summed E-state index contributed by atoms with van der Waals surface area (Å²) in [6, 6.07) is 14.7. The Morgan fingerprint density at radius 1 is 1.04 bits per heavy atom. The van der Waals surface area contributed by atoms with E-state index in [2.05, 4.69) is 17.2 Å². The molecular formula is C21H26N2O4. The molecular weight excluding hydrogens is 344 g/mol. The number of rotatable bonds is 12. The van der Waals surface area contributed by atoms with Crippen LogP contribution in [0.5, 0.6) is 11.5 Å². The average molecular weight is 370 g/mol. The van der Waals surface area contributed by atoms with Crippen LogP contribution in [0.3, 0.4) is 0 Å². The summed E-state index contributed by atoms with van der Waals surface area (Å²) in [7, 11) is 0. The lowest BCUT2D eigenvalue weighted by Gasteiger charge is -2.10. The maximum Gasteiger partial charge on any atom is 0.243 e. The second-order valence-electron chi connectivity index (χ2n) is 5.60. The van der Waals surface area contributed by atoms with Gasteiger partial charge in [-0.25, -0.2) is 0 Å². The molecule has 0 aromatic heterocycles. The molecule has 0 aliphatic heterocycles. The van der Waals surface area contributed by atoms with Gasteiger partial charge in [-0.15, -0.1) is 0 Å². The molecule has 27 heavy (non-hydrogen) atoms. The molecule has 2 N–H and O–H groups in total. The summed E-state index contributed by atoms with van der Waals surface area (Å²) in [5, 5.41) is 5.91. The highest BCUT2D eigenvalue weighted by Gasteiger charge is 2.04. The predicted molar refractivity (Wildman–Crippen MR) is 108 cm³/mol. The van der Waals surface area contributed by atoms with E-state index in [1.165, 1.54) is 0 Å². The number of ether oxygens (including phenoxy) is 3. The second-order valence-corrected chi connectivity index (χ2v) is 5.60. The van der Waals surface area contributed by atoms with E-state index in [1.54, 1.807) is 18.2 Å². The van der Waals surface area contributed by atoms with Gasteiger partial charge in [-0.3, -0.25) is 4.79 Å². The first-order valence-electron chi connectivity index (χ1n) is 8.89. The van der Waals surface area contributed by atoms with E-state index >= 15 is 0 Å². The minimum atomic E-state index is -0.141. The molecule has 1 amide bonds. The van der Waals surface area contributed by atoms with Gasteiger partial charge in [0.1, 0.15) is 24.7 Å². The Bertz CT molecular complexity index is 716. The van der Waals surface area contributed by atoms with Crippen LogP contribution in [0.15, 0.2) is 61.2 Å². The Morgan fingerprint density at radius 3 is 2.59 bits per heavy atom. The van der Waals surface area contributed by atoms with Gasteiger partial charge in [0, 0.05) is 24.0 Å². The topological polar surface area (TPSA) is 68.8 Å². The lowest BCUT2D eigenvalue weighted by atomic mass is 10.3. The lowest BCUT2D eigenvalue weighted by molar-refractivity contribution is -0.114. The fourth-order valence-electron chi connectivity index (χ4n) is 2.24. The van der Waals surface area contributed by atoms with Crippen molar-refractivity contribution in [3.8, 4) is 11.5 Å². The molecule has 0 spiro atoms. The van der Waals surface area contributed by atoms with Gasteiger partial charge in [0.25, 0.3) is 0 Å². The fraction of sp³-hybridized carbons (Fsp3) is 0.286. The number of nitrogens with one attached hydrogen (secondary N) is 2. The van der Waals surface area contributed by atoms with Gasteiger partial charge < -0.3 is 24.8 Å². The van der Waals surface area contributed by atoms with Crippen LogP contribution < -0.4 is 20.1 Å². The Labute approximate surface area is 160 Å². The van der Waals surface area contributed by atoms with Gasteiger partial charge in [-0.2, -0.15) is 0 Å². The van der Waals surface area contributed by atoms with Gasteiger partial charge in [-0.05, 0) is 43.3 Å². The van der Waals surface area contributed by atoms with Gasteiger partial charge in [-0.1, -0.05) is 18.7 Å². The number of hydrogen-bond acceptors (Lipinski definition) is 5. The van der Waals surface area contributed by atoms with Crippen LogP contribution in [-0.4, -0.2) is 38.9 Å². The number of amides is 1. The van der Waals surface area contributed by atoms with Crippen LogP contribution in [-0.2, 0) is 9.53 Å². The third kappa shape index (κ3) is 7.83. The Balaban J connectivity index is 1.76. The van der Waals surface area contributed by atoms with Crippen molar-refractivity contribution < 1.29 is 19.0 Å². The van der Waals surface area contributed by atoms with Crippen LogP contribution in [0.4, 0.5) is 11.4 Å². The number of hydrogen-bond donors (Lipinski definition) is 2. The number of carbonyl (C=O) groups excluding carboxylic acids is 1. The SMILES string of the molecule is C=CCOc1cccc(NCC(=O)Nc2ccc(OCCOCC)cc2)c1. The monoisotopic (exact) mass is 370 g/mol. The molecule has 0 saturated carbocycles. The zero-order valence-corrected chi connectivity index (χ0v) is 15.6. The van der Waals surface area contributed by atoms with E-state index in [4.69, 9.17) is 14.2 Å². The average Bonchev–Trinajstić information content (AvgIpc) is 2.70. The first-order chi connectivity index (χ1) is 13.2. The highest BCUT2D eigenvalue weighted by atomic mass is 16.5. The van der Waals surface area contributed by atoms with E-state index < -0.39 is 0 Å². The summed E-state index contributed by atoms with van der Waals surface area (Å²) in [6.45, 7) is 7.88. The van der Waals surface area contributed by atoms with Crippen molar-refractivity contribution in [3.05, 3.63) is 61.2 Å². The van der Waals surface area contributed by atoms with Crippen molar-refractivity contribution >= 4 is 17.3 Å². The maximum atomic E-state index is 12.1. The Morgan fingerprint density at radius 2 is 1.85 bits per heavy atom. The summed E-state index contributed by atoms with van der Waals surface area (Å²) >= 11 is 0. The molecule has 0 atom stereocenters. The molecule has 0 fully saturated rings. The smallest absolute Gasteiger partial charge is 0.243 e. The number of anilines is 2. The largest absolute Gasteiger partial charge is 0.491 e. The predicted octanol–water partition coefficient (Wildman–Crippen LogP) is 3.72. The summed E-state index contributed by atoms with van der Waals surface area (Å²) in [6.07, 6.45) is 1.68. The molecule has 0 unspecified atom stereocenters. The summed E-state index contributed by atoms with van der Waals surface area (Å²) in [4.78, 5) is 12.1. The number of benzene rings is 2. The van der Waals surface area contributed by atoms with Crippen LogP contribution in [0.25, 0.3) is 0 Å². The zero-order chi connectivity index (χ0) is 19.3. The standard InChI is InChI=1S/C21H26N2O4/c1-3-12-26-20-7-5-6-18(15-20)22-16-21(24)23-17-8-10-19(11-9-17)27-14-13-25-4-2/h3,5-11,15,22H,1,4,12-14,16H2,2H3,(H,23,24). The van der Waals surface area contributed by atoms with E-state index in [1.807, 2.05) is 43.3 Å². The van der Waals surface area contributed by atoms with Crippen LogP contribution in [0, 0.1) is 0 Å². The fourth-order valence-corrected chi connectivity index (χ4v) is 2.24. The van der Waals surface area contributed by atoms with Crippen LogP contribution in [0.1, 0.15) is 6.92 Å². The molecule has 0 radical (unpaired) electrons. The molecule has 2 rings (SSSR count). The molecule has 2 aromatic rings. The van der Waals surface area contributed by atoms with Crippen molar-refractivity contribution in [1.29, 1.82) is 0 Å². The zero-order valence-electron chi connectivity index (χ0n) is 15.6. The lowest BCUT2D eigenvalue weighted by Crippen LogP contribution is -2.21. The maximum absolute atomic E-state index is 12.1. The first-order valence-corrected chi connectivity index (χ1v) is 8.89. The third-order valence-electron chi connectivity index (χ3n) is 3.49. The van der Waals surface area contributed by atoms with E-state index in [-0.39, 0.29) is 12.5 Å². The highest BCUT2D eigenvalue weighted by molar-refractivity contribution is 5.93. The minimum absolute atomic E-state index is 0.141. The van der Waals surface area contributed by atoms with Gasteiger partial charge in [0.05, 0.1) is 13.2 Å². The molecule has 144 valence electrons. The minimum Gasteiger partial charge on any atom is -0.491 e. The normalized spacial score (nSPS) is 10.1. The molecule has 6 nitrogen and oxygen atoms in total. The van der Waals surface area contributed by atoms with Gasteiger partial charge >= 0.3 is 0 Å². The summed E-state index contributed by atoms with van der Waals surface area (Å²) in [5.41, 5.74) is 1.52. The first kappa shape index (κ1) is 20.3. The van der Waals surface area contributed by atoms with Crippen LogP contribution in [0.2, 0.25) is 0 Å². The Kier molecular flexibility index (Phi) is 8.73. The quantitative estimate of drug-likeness (QED) is 0.440. The van der Waals surface area contributed by atoms with Crippen molar-refractivity contribution in [2.75, 3.05) is 43.6 Å². The van der Waals surface area contributed by atoms with Crippen molar-refractivity contribution in [1.82, 2.24) is 0 Å². The molecule has 0 saturated heterocycles. The van der Waals surface area contributed by atoms with Crippen LogP contribution >= 0.6 is 0 Å². The van der Waals surface area contributed by atoms with Gasteiger partial charge in [0.15, 0.2) is 0 Å². The number of carbonyl (C=O) groups is 1. The Hall–Kier alpha value is -2.99. The molecule has 2 aromatic carbocycles. The summed E-state index contributed by atoms with van der Waals surface area (Å²) < 4.78 is 16.2. The molecule has 0 aliphatic carbocycles. The third-order valence-corrected chi connectivity index (χ3v) is 3.49. The second kappa shape index (κ2) is 11.6. The highest BCUT2D eigenvalue weighted by Crippen LogP contribution is 2.18. The van der Waals surface area contributed by atoms with E-state index in [9.17, 15) is 4.79 Å². The van der Waals surface area contributed by atoms with Crippen molar-refractivity contribution in [2.24, 2.45) is 0 Å². The molecule has 0 bridgehead atoms. The molecule has 6 heteroatoms. The van der Waals surface area contributed by atoms with Gasteiger partial charge in [0.2, 0.25) is 5.91 Å². The van der Waals surface area contributed by atoms with Crippen molar-refractivity contribution in [3.63, 3.8) is 0 Å². The van der Waals surface area contributed by atoms with E-state index in [0.29, 0.717) is 32.1 Å². The molecule has 0 heterocycles. The van der Waals surface area contributed by atoms with E-state index in [0.717, 1.165) is 17.2 Å². The molecule has 0 aliphatic rings. The van der Waals surface area contributed by atoms with Crippen molar-refractivity contribution in [2.45, 2.75) is 6.92 Å². The summed E-state index contributed by atoms with van der Waals surface area (Å²) in [5.74, 6) is 1.32.